The summed E-state index contributed by atoms with van der Waals surface area (Å²) >= 11 is 11.4. The van der Waals surface area contributed by atoms with Crippen molar-refractivity contribution < 1.29 is 171 Å². The number of thiol groups is 3. The zero-order chi connectivity index (χ0) is 97.9. The van der Waals surface area contributed by atoms with Crippen molar-refractivity contribution in [3.63, 3.8) is 0 Å². The van der Waals surface area contributed by atoms with Crippen molar-refractivity contribution in [2.24, 2.45) is 32.5 Å². The summed E-state index contributed by atoms with van der Waals surface area (Å²) in [5, 5.41) is 0. The van der Waals surface area contributed by atoms with E-state index in [0.29, 0.717) is 70.8 Å². The second-order valence-electron chi connectivity index (χ2n) is 29.1. The van der Waals surface area contributed by atoms with Crippen LogP contribution in [0.2, 0.25) is 0 Å². The molecule has 0 spiro atoms. The third kappa shape index (κ3) is 54.8. The summed E-state index contributed by atoms with van der Waals surface area (Å²) < 4.78 is 117. The van der Waals surface area contributed by atoms with E-state index in [9.17, 15) is 67.1 Å². The van der Waals surface area contributed by atoms with Gasteiger partial charge in [0.1, 0.15) is 116 Å². The molecule has 36 nitrogen and oxygen atoms in total. The molecule has 0 amide bonds. The first-order chi connectivity index (χ1) is 62.1. The van der Waals surface area contributed by atoms with Crippen molar-refractivity contribution in [2.75, 3.05) is 196 Å². The van der Waals surface area contributed by atoms with Crippen LogP contribution in [-0.2, 0) is 171 Å². The van der Waals surface area contributed by atoms with Crippen LogP contribution in [0.25, 0.3) is 12.2 Å². The van der Waals surface area contributed by atoms with Gasteiger partial charge in [0.15, 0.2) is 0 Å². The predicted octanol–water partition coefficient (Wildman–Crippen LogP) is 8.01. The molecule has 3 fully saturated rings. The Morgan fingerprint density at radius 2 is 0.431 bits per heavy atom. The fraction of sp³-hybridized carbons (Fsp3) is 0.516. The largest absolute Gasteiger partial charge is 0.465 e. The molecular weight excluding hydrogens is 1770 g/mol. The number of ether oxygens (including phenoxy) is 22. The summed E-state index contributed by atoms with van der Waals surface area (Å²) in [6, 6.07) is 8.07. The Bertz CT molecular complexity index is 3370. The van der Waals surface area contributed by atoms with Gasteiger partial charge in [0, 0.05) is 72.6 Å². The first-order valence-electron chi connectivity index (χ1n) is 40.5. The number of hydrogen-bond donors (Lipinski definition) is 3. The molecule has 0 bridgehead atoms. The zero-order valence-electron chi connectivity index (χ0n) is 74.5. The van der Waals surface area contributed by atoms with Gasteiger partial charge in [-0.05, 0) is 30.4 Å². The van der Waals surface area contributed by atoms with Crippen molar-refractivity contribution in [3.8, 4) is 0 Å². The summed E-state index contributed by atoms with van der Waals surface area (Å²) in [6.45, 7) is 49.2. The van der Waals surface area contributed by atoms with Crippen molar-refractivity contribution in [1.82, 2.24) is 0 Å². The second-order valence-corrected chi connectivity index (χ2v) is 30.1. The molecule has 39 heteroatoms. The molecule has 3 aliphatic heterocycles. The Morgan fingerprint density at radius 1 is 0.269 bits per heavy atom. The van der Waals surface area contributed by atoms with Crippen molar-refractivity contribution in [3.05, 3.63) is 175 Å². The van der Waals surface area contributed by atoms with Gasteiger partial charge in [-0.2, -0.15) is 37.9 Å². The van der Waals surface area contributed by atoms with Crippen LogP contribution in [0.5, 0.6) is 0 Å². The quantitative estimate of drug-likeness (QED) is 0.0183. The lowest BCUT2D eigenvalue weighted by Gasteiger charge is -2.35. The van der Waals surface area contributed by atoms with E-state index < -0.39 is 164 Å². The lowest BCUT2D eigenvalue weighted by molar-refractivity contribution is -0.172. The van der Waals surface area contributed by atoms with Gasteiger partial charge in [0.25, 0.3) is 0 Å². The van der Waals surface area contributed by atoms with Gasteiger partial charge in [-0.3, -0.25) is 19.2 Å². The van der Waals surface area contributed by atoms with E-state index in [1.807, 2.05) is 50.3 Å². The van der Waals surface area contributed by atoms with Gasteiger partial charge in [0.2, 0.25) is 0 Å². The monoisotopic (exact) mass is 1890 g/mol. The van der Waals surface area contributed by atoms with E-state index in [2.05, 4.69) is 124 Å². The summed E-state index contributed by atoms with van der Waals surface area (Å²) in [5.74, 6) is -10.4. The van der Waals surface area contributed by atoms with Gasteiger partial charge in [-0.15, -0.1) is 0 Å². The molecule has 3 saturated heterocycles. The number of epoxide rings is 3. The number of benzene rings is 1. The molecule has 3 aliphatic rings. The first kappa shape index (κ1) is 119. The molecule has 0 aliphatic carbocycles. The Morgan fingerprint density at radius 3 is 0.600 bits per heavy atom. The van der Waals surface area contributed by atoms with E-state index in [4.69, 9.17) is 104 Å². The third-order valence-electron chi connectivity index (χ3n) is 18.3. The smallest absolute Gasteiger partial charge is 0.330 e. The molecule has 3 unspecified atom stereocenters. The first-order valence-corrected chi connectivity index (χ1v) is 42.4. The molecule has 0 N–H and O–H groups in total. The maximum atomic E-state index is 11.8. The molecule has 4 rings (SSSR count). The van der Waals surface area contributed by atoms with Crippen LogP contribution in [0.4, 0.5) is 0 Å². The summed E-state index contributed by atoms with van der Waals surface area (Å²) in [5.41, 5.74) is -3.75. The number of rotatable bonds is 67. The number of carbonyl (C=O) groups is 14. The lowest BCUT2D eigenvalue weighted by Crippen LogP contribution is -2.47. The topological polar surface area (TPSA) is 452 Å². The Labute approximate surface area is 775 Å². The lowest BCUT2D eigenvalue weighted by atomic mass is 9.86. The van der Waals surface area contributed by atoms with Crippen LogP contribution in [0, 0.1) is 32.5 Å². The van der Waals surface area contributed by atoms with Gasteiger partial charge in [-0.25, -0.2) is 47.9 Å². The average Bonchev–Trinajstić information content (AvgIpc) is 1.10. The molecule has 724 valence electrons. The highest BCUT2D eigenvalue weighted by Gasteiger charge is 2.43. The highest BCUT2D eigenvalue weighted by atomic mass is 32.1. The van der Waals surface area contributed by atoms with Gasteiger partial charge in [0.05, 0.1) is 125 Å². The average molecular weight is 1890 g/mol. The molecular formula is C91H126O36S3. The molecule has 130 heavy (non-hydrogen) atoms. The maximum Gasteiger partial charge on any atom is 0.330 e. The fourth-order valence-corrected chi connectivity index (χ4v) is 9.77. The maximum absolute atomic E-state index is 11.8. The van der Waals surface area contributed by atoms with E-state index in [-0.39, 0.29) is 95.2 Å². The Kier molecular flexibility index (Phi) is 62.9. The van der Waals surface area contributed by atoms with Crippen LogP contribution in [0.15, 0.2) is 164 Å². The number of carbonyl (C=O) groups excluding carboxylic acids is 14. The highest BCUT2D eigenvalue weighted by molar-refractivity contribution is 7.81. The normalized spacial score (nSPS) is 14.1. The molecule has 0 saturated carbocycles. The minimum Gasteiger partial charge on any atom is -0.465 e. The van der Waals surface area contributed by atoms with Gasteiger partial charge >= 0.3 is 83.6 Å². The van der Waals surface area contributed by atoms with Crippen LogP contribution >= 0.6 is 37.9 Å². The molecule has 1 aromatic rings. The summed E-state index contributed by atoms with van der Waals surface area (Å²) in [6.07, 6.45) is 15.9. The second kappa shape index (κ2) is 68.5. The number of hydrogen-bond acceptors (Lipinski definition) is 39. The van der Waals surface area contributed by atoms with Crippen molar-refractivity contribution in [2.45, 2.75) is 71.7 Å². The summed E-state index contributed by atoms with van der Waals surface area (Å²) in [7, 11) is 0. The van der Waals surface area contributed by atoms with Crippen molar-refractivity contribution >= 4 is 134 Å². The summed E-state index contributed by atoms with van der Waals surface area (Å²) in [4.78, 5) is 163. The van der Waals surface area contributed by atoms with Gasteiger partial charge < -0.3 is 104 Å². The standard InChI is InChI=1S/C28H34O13.C24H34O9.C15H26O6.C14H22O8S3.C10H10/c1-7-21(29)36-15-27(16-37-22(30)8-2,17-38-23(31)9-3)13-35-14-28(18-39-24(32)10-4,19-40-25(33)11-5)20-41-26(34)12-6;1-7-19(25)30-15-23(11-5,16-31-20(26)8-2)13-29-14-24(12-6,17-32-21(27)9-3)18-33-22(28)10-4;1-2-15(9-16-3-12-6-19-12,10-17-4-13-7-20-13)11-18-5-14-8-21-14;1-2-10(15)19-6-14(7-20-11(16)3-23,8-21-12(17)4-24)9-22-13(18)5-25;1-3-9-5-7-10(4-2)8-6-9/h7-12H,1-6,13-20H2;7-10H,1-4,11-18H2,5-6H3;12-14H,2-11H2,1H3;23-25H,2-9H2,1H3;3-8H,1-2H2. The predicted molar refractivity (Wildman–Crippen MR) is 483 cm³/mol. The van der Waals surface area contributed by atoms with E-state index in [0.717, 1.165) is 98.1 Å². The molecule has 3 atom stereocenters. The van der Waals surface area contributed by atoms with Crippen LogP contribution in [-0.4, -0.2) is 298 Å². The fourth-order valence-electron chi connectivity index (χ4n) is 9.50. The minimum atomic E-state index is -1.49. The zero-order valence-corrected chi connectivity index (χ0v) is 77.2. The number of esters is 14. The van der Waals surface area contributed by atoms with E-state index in [1.54, 1.807) is 6.92 Å². The van der Waals surface area contributed by atoms with E-state index >= 15 is 0 Å². The highest BCUT2D eigenvalue weighted by Crippen LogP contribution is 2.32. The van der Waals surface area contributed by atoms with Crippen LogP contribution in [0.1, 0.15) is 64.5 Å². The molecule has 0 aromatic heterocycles. The van der Waals surface area contributed by atoms with Crippen molar-refractivity contribution in [1.29, 1.82) is 0 Å². The molecule has 1 aromatic carbocycles. The Hall–Kier alpha value is -10.6. The molecule has 3 heterocycles. The third-order valence-corrected chi connectivity index (χ3v) is 19.1. The molecule has 0 radical (unpaired) electrons. The van der Waals surface area contributed by atoms with E-state index in [1.165, 1.54) is 0 Å². The van der Waals surface area contributed by atoms with Gasteiger partial charge in [-0.1, -0.05) is 143 Å². The minimum absolute atomic E-state index is 0.0326. The SMILES string of the molecule is C=CC(=O)OCC(CC)(COCC(CC)(COC(=O)C=C)COC(=O)C=C)COC(=O)C=C.C=CC(=O)OCC(COCC(COC(=O)C=C)(COC(=O)C=C)COC(=O)C=C)(COC(=O)C=C)COC(=O)C=C.C=Cc1ccc(C=C)cc1.CCC(=O)OCC(COC(=O)CS)(COC(=O)CS)COC(=O)CS.CCC(COCC1CO1)(COCC1CO1)COCC1CO1. The van der Waals surface area contributed by atoms with Crippen LogP contribution < -0.4 is 0 Å². The van der Waals surface area contributed by atoms with Crippen LogP contribution in [0.3, 0.4) is 0 Å². The Balaban J connectivity index is 0.00000168.